The summed E-state index contributed by atoms with van der Waals surface area (Å²) < 4.78 is 16.5. The van der Waals surface area contributed by atoms with Gasteiger partial charge in [0.15, 0.2) is 0 Å². The van der Waals surface area contributed by atoms with E-state index in [4.69, 9.17) is 9.84 Å². The van der Waals surface area contributed by atoms with E-state index in [-0.39, 0.29) is 41.5 Å². The summed E-state index contributed by atoms with van der Waals surface area (Å²) in [4.78, 5) is 38.7. The Hall–Kier alpha value is -2.24. The van der Waals surface area contributed by atoms with Crippen LogP contribution in [0.5, 0.6) is 5.88 Å². The minimum atomic E-state index is -0.269. The van der Waals surface area contributed by atoms with Crippen LogP contribution in [0.2, 0.25) is 0 Å². The van der Waals surface area contributed by atoms with Crippen molar-refractivity contribution in [2.75, 3.05) is 14.2 Å². The summed E-state index contributed by atoms with van der Waals surface area (Å²) in [5.74, 6) is 0.205. The number of aliphatic hydroxyl groups excluding tert-OH is 1. The third kappa shape index (κ3) is 9.26. The van der Waals surface area contributed by atoms with E-state index >= 15 is 0 Å². The molecule has 0 aliphatic heterocycles. The van der Waals surface area contributed by atoms with Gasteiger partial charge >= 0.3 is 11.9 Å². The molecule has 9 nitrogen and oxygen atoms in total. The summed E-state index contributed by atoms with van der Waals surface area (Å²) in [5.41, 5.74) is -0.0757. The van der Waals surface area contributed by atoms with Gasteiger partial charge in [-0.25, -0.2) is 4.98 Å². The summed E-state index contributed by atoms with van der Waals surface area (Å²) in [7, 11) is 2.78. The maximum Gasteiger partial charge on any atom is 0.308 e. The molecule has 180 valence electrons. The quantitative estimate of drug-likeness (QED) is 0.520. The number of rotatable bonds is 4. The summed E-state index contributed by atoms with van der Waals surface area (Å²) in [5, 5.41) is 8.75. The van der Waals surface area contributed by atoms with E-state index in [9.17, 15) is 14.4 Å². The molecule has 0 atom stereocenters. The van der Waals surface area contributed by atoms with Gasteiger partial charge in [-0.2, -0.15) is 0 Å². The van der Waals surface area contributed by atoms with Crippen LogP contribution in [0.4, 0.5) is 0 Å². The number of carbonyl (C=O) groups excluding carboxylic acids is 2. The molecule has 0 bridgehead atoms. The standard InChI is InChI=1S/C11H12BrNO3.C6H10O3.C5H4BrNO/c1-15-11(14)7-4-9(5-7)16-10-3-2-8(12)6-13-10;1-9-6(8)4-2-5(7)3-4;6-4-1-2-5(8)7-3-4/h2-3,6-7,9H,4-5H2,1H3;4-5,7H,2-3H2,1H3;1-3H,(H,7,8). The van der Waals surface area contributed by atoms with Gasteiger partial charge in [-0.05, 0) is 69.7 Å². The Morgan fingerprint density at radius 1 is 0.970 bits per heavy atom. The molecule has 11 heteroatoms. The fourth-order valence-electron chi connectivity index (χ4n) is 2.96. The van der Waals surface area contributed by atoms with Gasteiger partial charge in [-0.3, -0.25) is 14.4 Å². The second-order valence-electron chi connectivity index (χ2n) is 7.46. The first-order valence-electron chi connectivity index (χ1n) is 10.2. The Morgan fingerprint density at radius 3 is 1.97 bits per heavy atom. The van der Waals surface area contributed by atoms with Crippen molar-refractivity contribution < 1.29 is 28.9 Å². The number of nitrogens with one attached hydrogen (secondary N) is 1. The number of aromatic amines is 1. The van der Waals surface area contributed by atoms with Crippen molar-refractivity contribution in [2.45, 2.75) is 37.9 Å². The number of aromatic nitrogens is 2. The average molecular weight is 590 g/mol. The molecule has 2 N–H and O–H groups in total. The van der Waals surface area contributed by atoms with E-state index in [0.717, 1.165) is 8.95 Å². The lowest BCUT2D eigenvalue weighted by atomic mass is 9.82. The average Bonchev–Trinajstić information content (AvgIpc) is 2.77. The Bertz CT molecular complexity index is 935. The van der Waals surface area contributed by atoms with Crippen LogP contribution in [-0.4, -0.2) is 53.4 Å². The molecule has 2 fully saturated rings. The van der Waals surface area contributed by atoms with Crippen LogP contribution < -0.4 is 10.3 Å². The first kappa shape index (κ1) is 27.0. The normalized spacial score (nSPS) is 22.6. The lowest BCUT2D eigenvalue weighted by Crippen LogP contribution is -2.38. The largest absolute Gasteiger partial charge is 0.474 e. The molecule has 2 aromatic rings. The number of ether oxygens (including phenoxy) is 3. The number of carbonyl (C=O) groups is 2. The second kappa shape index (κ2) is 13.5. The Labute approximate surface area is 208 Å². The van der Waals surface area contributed by atoms with Crippen molar-refractivity contribution in [1.29, 1.82) is 0 Å². The van der Waals surface area contributed by atoms with Gasteiger partial charge in [0.2, 0.25) is 11.4 Å². The molecular formula is C22H26Br2N2O7. The fraction of sp³-hybridized carbons (Fsp3) is 0.455. The third-order valence-corrected chi connectivity index (χ3v) is 5.97. The number of nitrogens with zero attached hydrogens (tertiary/aromatic N) is 1. The number of hydrogen-bond donors (Lipinski definition) is 2. The zero-order valence-corrected chi connectivity index (χ0v) is 21.4. The summed E-state index contributed by atoms with van der Waals surface area (Å²) in [6.07, 6.45) is 5.68. The number of halogens is 2. The van der Waals surface area contributed by atoms with Crippen LogP contribution in [-0.2, 0) is 19.1 Å². The summed E-state index contributed by atoms with van der Waals surface area (Å²) >= 11 is 6.48. The molecule has 2 aliphatic carbocycles. The first-order chi connectivity index (χ1) is 15.7. The van der Waals surface area contributed by atoms with Crippen LogP contribution in [0.3, 0.4) is 0 Å². The smallest absolute Gasteiger partial charge is 0.308 e. The van der Waals surface area contributed by atoms with Crippen molar-refractivity contribution in [3.8, 4) is 5.88 Å². The number of H-pyrrole nitrogens is 1. The number of methoxy groups -OCH3 is 2. The van der Waals surface area contributed by atoms with Gasteiger partial charge in [0.25, 0.3) is 0 Å². The molecule has 4 rings (SSSR count). The molecule has 2 heterocycles. The van der Waals surface area contributed by atoms with Crippen LogP contribution in [0.15, 0.2) is 50.4 Å². The monoisotopic (exact) mass is 588 g/mol. The molecule has 33 heavy (non-hydrogen) atoms. The number of aliphatic hydroxyl groups is 1. The van der Waals surface area contributed by atoms with Crippen molar-refractivity contribution in [3.63, 3.8) is 0 Å². The van der Waals surface area contributed by atoms with E-state index in [1.165, 1.54) is 20.3 Å². The zero-order valence-electron chi connectivity index (χ0n) is 18.2. The predicted octanol–water partition coefficient (Wildman–Crippen LogP) is 3.24. The molecule has 0 spiro atoms. The SMILES string of the molecule is COC(=O)C1CC(O)C1.COC(=O)C1CC(Oc2ccc(Br)cn2)C1.O=c1ccc(Br)c[nH]1. The maximum atomic E-state index is 11.1. The minimum Gasteiger partial charge on any atom is -0.474 e. The van der Waals surface area contributed by atoms with Crippen LogP contribution in [0, 0.1) is 11.8 Å². The van der Waals surface area contributed by atoms with Gasteiger partial charge in [0, 0.05) is 33.5 Å². The highest BCUT2D eigenvalue weighted by Crippen LogP contribution is 2.31. The summed E-state index contributed by atoms with van der Waals surface area (Å²) in [6.45, 7) is 0. The van der Waals surface area contributed by atoms with Crippen molar-refractivity contribution in [1.82, 2.24) is 9.97 Å². The van der Waals surface area contributed by atoms with E-state index in [0.29, 0.717) is 31.6 Å². The van der Waals surface area contributed by atoms with E-state index in [1.54, 1.807) is 24.5 Å². The fourth-order valence-corrected chi connectivity index (χ4v) is 3.44. The highest BCUT2D eigenvalue weighted by atomic mass is 79.9. The first-order valence-corrected chi connectivity index (χ1v) is 11.8. The van der Waals surface area contributed by atoms with Crippen molar-refractivity contribution in [2.24, 2.45) is 11.8 Å². The van der Waals surface area contributed by atoms with E-state index < -0.39 is 0 Å². The van der Waals surface area contributed by atoms with Gasteiger partial charge < -0.3 is 24.3 Å². The summed E-state index contributed by atoms with van der Waals surface area (Å²) in [6, 6.07) is 6.83. The van der Waals surface area contributed by atoms with Crippen molar-refractivity contribution in [3.05, 3.63) is 56.0 Å². The molecule has 0 amide bonds. The highest BCUT2D eigenvalue weighted by Gasteiger charge is 2.37. The van der Waals surface area contributed by atoms with Gasteiger partial charge in [-0.15, -0.1) is 0 Å². The topological polar surface area (TPSA) is 128 Å². The van der Waals surface area contributed by atoms with Crippen LogP contribution in [0.25, 0.3) is 0 Å². The lowest BCUT2D eigenvalue weighted by molar-refractivity contribution is -0.152. The minimum absolute atomic E-state index is 0.00884. The Balaban J connectivity index is 0.000000192. The number of hydrogen-bond acceptors (Lipinski definition) is 8. The Kier molecular flexibility index (Phi) is 11.0. The van der Waals surface area contributed by atoms with Crippen LogP contribution >= 0.6 is 31.9 Å². The highest BCUT2D eigenvalue weighted by molar-refractivity contribution is 9.10. The predicted molar refractivity (Wildman–Crippen MR) is 127 cm³/mol. The number of pyridine rings is 2. The van der Waals surface area contributed by atoms with E-state index in [1.807, 2.05) is 6.07 Å². The van der Waals surface area contributed by atoms with Gasteiger partial charge in [-0.1, -0.05) is 0 Å². The lowest BCUT2D eigenvalue weighted by Gasteiger charge is -2.32. The zero-order chi connectivity index (χ0) is 24.4. The maximum absolute atomic E-state index is 11.1. The molecule has 0 aromatic carbocycles. The molecule has 0 saturated heterocycles. The molecule has 0 unspecified atom stereocenters. The number of esters is 2. The Morgan fingerprint density at radius 2 is 1.55 bits per heavy atom. The van der Waals surface area contributed by atoms with Gasteiger partial charge in [0.05, 0.1) is 32.2 Å². The second-order valence-corrected chi connectivity index (χ2v) is 9.29. The molecule has 2 aromatic heterocycles. The van der Waals surface area contributed by atoms with E-state index in [2.05, 4.69) is 51.3 Å². The molecule has 0 radical (unpaired) electrons. The van der Waals surface area contributed by atoms with Crippen LogP contribution in [0.1, 0.15) is 25.7 Å². The molecule has 2 aliphatic rings. The van der Waals surface area contributed by atoms with Gasteiger partial charge in [0.1, 0.15) is 6.10 Å². The molecular weight excluding hydrogens is 564 g/mol. The van der Waals surface area contributed by atoms with Crippen molar-refractivity contribution >= 4 is 43.8 Å². The third-order valence-electron chi connectivity index (χ3n) is 5.01. The molecule has 2 saturated carbocycles.